The zero-order valence-corrected chi connectivity index (χ0v) is 15.5. The molecule has 1 rings (SSSR count). The molecular weight excluding hydrogens is 366 g/mol. The number of alkyl halides is 2. The van der Waals surface area contributed by atoms with E-state index in [4.69, 9.17) is 23.2 Å². The molecule has 0 N–H and O–H groups in total. The molecule has 0 aromatic heterocycles. The van der Waals surface area contributed by atoms with Crippen LogP contribution in [-0.4, -0.2) is 8.04 Å². The summed E-state index contributed by atoms with van der Waals surface area (Å²) < 4.78 is 3.33. The van der Waals surface area contributed by atoms with Crippen LogP contribution >= 0.6 is 23.2 Å². The predicted octanol–water partition coefficient (Wildman–Crippen LogP) is 1.81. The van der Waals surface area contributed by atoms with Crippen molar-refractivity contribution >= 4 is 26.4 Å². The van der Waals surface area contributed by atoms with Crippen molar-refractivity contribution < 1.29 is 35.2 Å². The molecule has 0 heterocycles. The fourth-order valence-electron chi connectivity index (χ4n) is 1.64. The van der Waals surface area contributed by atoms with Crippen LogP contribution in [0.5, 0.6) is 0 Å². The SMILES string of the molecule is C[C](C)=[Zr+][C]1=C(C)C(C=CC=CC(Cl)Cl)=CC1.[Cl-]. The van der Waals surface area contributed by atoms with E-state index >= 15 is 0 Å². The second-order valence-corrected chi connectivity index (χ2v) is 9.89. The van der Waals surface area contributed by atoms with Crippen molar-refractivity contribution in [1.82, 2.24) is 0 Å². The fourth-order valence-corrected chi connectivity index (χ4v) is 4.61. The number of hydrogen-bond acceptors (Lipinski definition) is 0. The van der Waals surface area contributed by atoms with Crippen LogP contribution in [0.25, 0.3) is 0 Å². The van der Waals surface area contributed by atoms with Gasteiger partial charge in [-0.25, -0.2) is 0 Å². The van der Waals surface area contributed by atoms with Gasteiger partial charge in [-0.2, -0.15) is 0 Å². The Balaban J connectivity index is 0.00000289. The van der Waals surface area contributed by atoms with Gasteiger partial charge in [-0.05, 0) is 0 Å². The Labute approximate surface area is 137 Å². The van der Waals surface area contributed by atoms with Crippen LogP contribution in [0.4, 0.5) is 0 Å². The van der Waals surface area contributed by atoms with Gasteiger partial charge < -0.3 is 12.4 Å². The third-order valence-electron chi connectivity index (χ3n) is 2.46. The molecule has 18 heavy (non-hydrogen) atoms. The van der Waals surface area contributed by atoms with Gasteiger partial charge >= 0.3 is 126 Å². The topological polar surface area (TPSA) is 0 Å². The Kier molecular flexibility index (Phi) is 9.79. The van der Waals surface area contributed by atoms with E-state index in [2.05, 4.69) is 32.9 Å². The van der Waals surface area contributed by atoms with Crippen LogP contribution in [0, 0.1) is 0 Å². The number of allylic oxidation sites excluding steroid dienone is 8. The van der Waals surface area contributed by atoms with Gasteiger partial charge in [-0.1, -0.05) is 0 Å². The van der Waals surface area contributed by atoms with Crippen molar-refractivity contribution in [3.63, 3.8) is 0 Å². The first-order valence-electron chi connectivity index (χ1n) is 5.61. The van der Waals surface area contributed by atoms with Gasteiger partial charge in [0.05, 0.1) is 0 Å². The van der Waals surface area contributed by atoms with Crippen molar-refractivity contribution in [2.45, 2.75) is 32.0 Å². The molecule has 0 radical (unpaired) electrons. The Morgan fingerprint density at radius 2 is 2.00 bits per heavy atom. The number of halogens is 3. The molecule has 0 amide bonds. The number of rotatable bonds is 4. The molecule has 0 aliphatic heterocycles. The third-order valence-corrected chi connectivity index (χ3v) is 6.14. The zero-order valence-electron chi connectivity index (χ0n) is 10.8. The van der Waals surface area contributed by atoms with Crippen LogP contribution in [0.15, 0.2) is 44.8 Å². The summed E-state index contributed by atoms with van der Waals surface area (Å²) in [5, 5.41) is 0. The first kappa shape index (κ1) is 18.6. The van der Waals surface area contributed by atoms with Crippen LogP contribution in [0.1, 0.15) is 27.2 Å². The molecule has 0 unspecified atom stereocenters. The van der Waals surface area contributed by atoms with Gasteiger partial charge in [0, 0.05) is 0 Å². The minimum absolute atomic E-state index is 0. The van der Waals surface area contributed by atoms with E-state index in [0.29, 0.717) is 0 Å². The normalized spacial score (nSPS) is 15.3. The second-order valence-electron chi connectivity index (χ2n) is 4.17. The van der Waals surface area contributed by atoms with E-state index < -0.39 is 27.6 Å². The third kappa shape index (κ3) is 6.66. The predicted molar refractivity (Wildman–Crippen MR) is 75.5 cm³/mol. The van der Waals surface area contributed by atoms with Gasteiger partial charge in [0.15, 0.2) is 0 Å². The van der Waals surface area contributed by atoms with Crippen LogP contribution in [0.2, 0.25) is 0 Å². The van der Waals surface area contributed by atoms with Crippen molar-refractivity contribution in [3.05, 3.63) is 44.8 Å². The summed E-state index contributed by atoms with van der Waals surface area (Å²) in [6.45, 7) is 6.74. The molecule has 0 atom stereocenters. The Hall–Kier alpha value is 0.583. The standard InChI is InChI=1S/C11H11Cl2.C3H6.ClH.Zr/c1-9-5-4-7-10(9)6-2-3-8-11(12)13;1-3-2;;/h2-3,6-8,11H,4H2,1H3;1-2H3;1H;/q;;;+1/p-1. The molecule has 1 aliphatic carbocycles. The maximum atomic E-state index is 5.61. The summed E-state index contributed by atoms with van der Waals surface area (Å²) in [5.74, 6) is 0. The summed E-state index contributed by atoms with van der Waals surface area (Å²) in [5.41, 5.74) is 2.84. The smallest absolute Gasteiger partial charge is 1.00 e. The van der Waals surface area contributed by atoms with E-state index in [-0.39, 0.29) is 12.4 Å². The monoisotopic (exact) mass is 380 g/mol. The maximum absolute atomic E-state index is 5.61. The summed E-state index contributed by atoms with van der Waals surface area (Å²) in [4.78, 5) is -0.421. The average Bonchev–Trinajstić information content (AvgIpc) is 2.55. The minimum Gasteiger partial charge on any atom is -1.00 e. The van der Waals surface area contributed by atoms with Gasteiger partial charge in [0.25, 0.3) is 0 Å². The first-order chi connectivity index (χ1) is 8.00. The Bertz CT molecular complexity index is 422. The van der Waals surface area contributed by atoms with E-state index in [1.807, 2.05) is 12.2 Å². The molecule has 1 aliphatic rings. The maximum Gasteiger partial charge on any atom is -1.00 e. The van der Waals surface area contributed by atoms with E-state index in [0.717, 1.165) is 6.42 Å². The molecule has 0 aromatic rings. The summed E-state index contributed by atoms with van der Waals surface area (Å²) in [7, 11) is 0. The van der Waals surface area contributed by atoms with E-state index in [1.54, 1.807) is 12.6 Å². The van der Waals surface area contributed by atoms with Crippen molar-refractivity contribution in [2.24, 2.45) is 0 Å². The van der Waals surface area contributed by atoms with E-state index in [1.165, 1.54) is 11.1 Å². The van der Waals surface area contributed by atoms with Crippen LogP contribution in [0.3, 0.4) is 0 Å². The molecule has 0 saturated heterocycles. The van der Waals surface area contributed by atoms with Gasteiger partial charge in [0.1, 0.15) is 0 Å². The van der Waals surface area contributed by atoms with Gasteiger partial charge in [-0.3, -0.25) is 0 Å². The number of hydrogen-bond donors (Lipinski definition) is 0. The Morgan fingerprint density at radius 1 is 1.33 bits per heavy atom. The molecule has 98 valence electrons. The first-order valence-corrected chi connectivity index (χ1v) is 8.94. The van der Waals surface area contributed by atoms with Gasteiger partial charge in [0.2, 0.25) is 0 Å². The molecule has 4 heteroatoms. The minimum atomic E-state index is -0.430. The van der Waals surface area contributed by atoms with Crippen LogP contribution in [-0.2, 0) is 22.8 Å². The van der Waals surface area contributed by atoms with Crippen LogP contribution < -0.4 is 12.4 Å². The second kappa shape index (κ2) is 9.48. The largest absolute Gasteiger partial charge is 1.00 e. The van der Waals surface area contributed by atoms with E-state index in [9.17, 15) is 0 Å². The summed E-state index contributed by atoms with van der Waals surface area (Å²) in [6.07, 6.45) is 11.3. The molecule has 0 nitrogen and oxygen atoms in total. The zero-order chi connectivity index (χ0) is 12.8. The quantitative estimate of drug-likeness (QED) is 0.514. The molecular formula is C14H17Cl3Zr. The fraction of sp³-hybridized carbons (Fsp3) is 0.357. The Morgan fingerprint density at radius 3 is 2.56 bits per heavy atom. The van der Waals surface area contributed by atoms with Gasteiger partial charge in [-0.15, -0.1) is 0 Å². The molecule has 0 spiro atoms. The van der Waals surface area contributed by atoms with Crippen molar-refractivity contribution in [1.29, 1.82) is 0 Å². The summed E-state index contributed by atoms with van der Waals surface area (Å²) >= 11 is 10.8. The summed E-state index contributed by atoms with van der Waals surface area (Å²) in [6, 6.07) is 0. The van der Waals surface area contributed by atoms with Crippen molar-refractivity contribution in [3.8, 4) is 0 Å². The average molecular weight is 383 g/mol. The molecule has 0 bridgehead atoms. The molecule has 0 aromatic carbocycles. The molecule has 0 saturated carbocycles. The molecule has 0 fully saturated rings. The van der Waals surface area contributed by atoms with Crippen molar-refractivity contribution in [2.75, 3.05) is 0 Å².